The molecule has 0 spiro atoms. The molecule has 2 heterocycles. The molecule has 2 rings (SSSR count). The molecule has 0 atom stereocenters. The lowest BCUT2D eigenvalue weighted by molar-refractivity contribution is 1.02. The SMILES string of the molecule is NCc1cn2c(N)cccc2n1. The van der Waals surface area contributed by atoms with Crippen molar-refractivity contribution in [1.29, 1.82) is 0 Å². The van der Waals surface area contributed by atoms with Crippen LogP contribution in [0.4, 0.5) is 5.82 Å². The van der Waals surface area contributed by atoms with E-state index in [1.165, 1.54) is 0 Å². The summed E-state index contributed by atoms with van der Waals surface area (Å²) in [5, 5.41) is 0. The van der Waals surface area contributed by atoms with Gasteiger partial charge in [-0.25, -0.2) is 4.98 Å². The van der Waals surface area contributed by atoms with Gasteiger partial charge in [0.25, 0.3) is 0 Å². The van der Waals surface area contributed by atoms with Crippen molar-refractivity contribution in [3.8, 4) is 0 Å². The molecular weight excluding hydrogens is 152 g/mol. The molecule has 2 aromatic heterocycles. The third-order valence-electron chi connectivity index (χ3n) is 1.78. The van der Waals surface area contributed by atoms with E-state index in [2.05, 4.69) is 4.98 Å². The first kappa shape index (κ1) is 7.12. The van der Waals surface area contributed by atoms with E-state index in [1.807, 2.05) is 28.8 Å². The fraction of sp³-hybridized carbons (Fsp3) is 0.125. The van der Waals surface area contributed by atoms with Crippen LogP contribution in [0.5, 0.6) is 0 Å². The molecule has 0 saturated heterocycles. The predicted octanol–water partition coefficient (Wildman–Crippen LogP) is 0.375. The number of nitrogen functional groups attached to an aromatic ring is 1. The quantitative estimate of drug-likeness (QED) is 0.636. The number of hydrogen-bond acceptors (Lipinski definition) is 3. The number of hydrogen-bond donors (Lipinski definition) is 2. The van der Waals surface area contributed by atoms with E-state index in [1.54, 1.807) is 0 Å². The van der Waals surface area contributed by atoms with Gasteiger partial charge in [0.2, 0.25) is 0 Å². The van der Waals surface area contributed by atoms with Gasteiger partial charge in [-0.15, -0.1) is 0 Å². The third kappa shape index (κ3) is 0.931. The van der Waals surface area contributed by atoms with Crippen LogP contribution in [-0.2, 0) is 6.54 Å². The number of imidazole rings is 1. The minimum atomic E-state index is 0.446. The molecule has 0 amide bonds. The first-order chi connectivity index (χ1) is 5.81. The van der Waals surface area contributed by atoms with Crippen molar-refractivity contribution in [2.75, 3.05) is 5.73 Å². The van der Waals surface area contributed by atoms with Crippen LogP contribution in [-0.4, -0.2) is 9.38 Å². The predicted molar refractivity (Wildman–Crippen MR) is 47.5 cm³/mol. The van der Waals surface area contributed by atoms with Crippen molar-refractivity contribution < 1.29 is 0 Å². The maximum Gasteiger partial charge on any atom is 0.138 e. The highest BCUT2D eigenvalue weighted by atomic mass is 15.1. The second-order valence-electron chi connectivity index (χ2n) is 2.62. The van der Waals surface area contributed by atoms with Crippen molar-refractivity contribution in [3.05, 3.63) is 30.1 Å². The van der Waals surface area contributed by atoms with E-state index in [0.717, 1.165) is 11.3 Å². The Balaban J connectivity index is 2.74. The summed E-state index contributed by atoms with van der Waals surface area (Å²) in [7, 11) is 0. The Labute approximate surface area is 69.8 Å². The largest absolute Gasteiger partial charge is 0.385 e. The Kier molecular flexibility index (Phi) is 1.48. The van der Waals surface area contributed by atoms with Crippen LogP contribution in [0.25, 0.3) is 5.65 Å². The van der Waals surface area contributed by atoms with Crippen LogP contribution < -0.4 is 11.5 Å². The van der Waals surface area contributed by atoms with Crippen LogP contribution in [0.1, 0.15) is 5.69 Å². The summed E-state index contributed by atoms with van der Waals surface area (Å²) >= 11 is 0. The van der Waals surface area contributed by atoms with E-state index >= 15 is 0 Å². The van der Waals surface area contributed by atoms with Crippen LogP contribution in [0.3, 0.4) is 0 Å². The molecule has 0 bridgehead atoms. The van der Waals surface area contributed by atoms with Gasteiger partial charge in [0.05, 0.1) is 5.69 Å². The molecule has 0 unspecified atom stereocenters. The molecule has 0 aliphatic carbocycles. The Morgan fingerprint density at radius 2 is 2.25 bits per heavy atom. The van der Waals surface area contributed by atoms with Crippen LogP contribution >= 0.6 is 0 Å². The minimum Gasteiger partial charge on any atom is -0.385 e. The maximum atomic E-state index is 5.71. The van der Waals surface area contributed by atoms with E-state index in [4.69, 9.17) is 11.5 Å². The molecule has 0 radical (unpaired) electrons. The number of aromatic nitrogens is 2. The fourth-order valence-electron chi connectivity index (χ4n) is 1.18. The molecule has 0 aliphatic heterocycles. The summed E-state index contributed by atoms with van der Waals surface area (Å²) in [6.45, 7) is 0.446. The summed E-state index contributed by atoms with van der Waals surface area (Å²) < 4.78 is 1.82. The lowest BCUT2D eigenvalue weighted by atomic mass is 10.4. The van der Waals surface area contributed by atoms with Gasteiger partial charge in [-0.05, 0) is 12.1 Å². The fourth-order valence-corrected chi connectivity index (χ4v) is 1.18. The second-order valence-corrected chi connectivity index (χ2v) is 2.62. The molecule has 2 aromatic rings. The van der Waals surface area contributed by atoms with Crippen molar-refractivity contribution in [3.63, 3.8) is 0 Å². The Morgan fingerprint density at radius 1 is 1.42 bits per heavy atom. The molecule has 62 valence electrons. The van der Waals surface area contributed by atoms with E-state index in [-0.39, 0.29) is 0 Å². The molecule has 4 nitrogen and oxygen atoms in total. The first-order valence-corrected chi connectivity index (χ1v) is 3.74. The highest BCUT2D eigenvalue weighted by Crippen LogP contribution is 2.09. The number of fused-ring (bicyclic) bond motifs is 1. The average Bonchev–Trinajstić information content (AvgIpc) is 2.49. The van der Waals surface area contributed by atoms with Gasteiger partial charge in [-0.1, -0.05) is 6.07 Å². The third-order valence-corrected chi connectivity index (χ3v) is 1.78. The summed E-state index contributed by atoms with van der Waals surface area (Å²) in [6.07, 6.45) is 1.85. The lowest BCUT2D eigenvalue weighted by Crippen LogP contribution is -1.95. The minimum absolute atomic E-state index is 0.446. The standard InChI is InChI=1S/C8H10N4/c9-4-6-5-12-7(10)2-1-3-8(12)11-6/h1-3,5H,4,9-10H2. The Hall–Kier alpha value is -1.55. The highest BCUT2D eigenvalue weighted by Gasteiger charge is 2.00. The first-order valence-electron chi connectivity index (χ1n) is 3.74. The van der Waals surface area contributed by atoms with Gasteiger partial charge in [-0.2, -0.15) is 0 Å². The van der Waals surface area contributed by atoms with Crippen LogP contribution in [0.2, 0.25) is 0 Å². The Bertz CT molecular complexity index is 404. The molecule has 0 aliphatic rings. The van der Waals surface area contributed by atoms with Crippen molar-refractivity contribution in [2.45, 2.75) is 6.54 Å². The molecule has 4 heteroatoms. The summed E-state index contributed by atoms with van der Waals surface area (Å²) in [5.74, 6) is 0.680. The molecular formula is C8H10N4. The van der Waals surface area contributed by atoms with Gasteiger partial charge >= 0.3 is 0 Å². The summed E-state index contributed by atoms with van der Waals surface area (Å²) in [5.41, 5.74) is 12.9. The number of nitrogens with zero attached hydrogens (tertiary/aromatic N) is 2. The smallest absolute Gasteiger partial charge is 0.138 e. The van der Waals surface area contributed by atoms with E-state index in [9.17, 15) is 0 Å². The molecule has 0 saturated carbocycles. The zero-order valence-electron chi connectivity index (χ0n) is 6.57. The van der Waals surface area contributed by atoms with Crippen molar-refractivity contribution >= 4 is 11.5 Å². The van der Waals surface area contributed by atoms with E-state index in [0.29, 0.717) is 12.4 Å². The van der Waals surface area contributed by atoms with Gasteiger partial charge in [0.15, 0.2) is 0 Å². The van der Waals surface area contributed by atoms with Gasteiger partial charge < -0.3 is 11.5 Å². The zero-order chi connectivity index (χ0) is 8.55. The maximum absolute atomic E-state index is 5.71. The summed E-state index contributed by atoms with van der Waals surface area (Å²) in [6, 6.07) is 5.60. The Morgan fingerprint density at radius 3 is 2.92 bits per heavy atom. The topological polar surface area (TPSA) is 69.3 Å². The van der Waals surface area contributed by atoms with Crippen molar-refractivity contribution in [1.82, 2.24) is 9.38 Å². The van der Waals surface area contributed by atoms with Gasteiger partial charge in [0.1, 0.15) is 11.5 Å². The van der Waals surface area contributed by atoms with Gasteiger partial charge in [-0.3, -0.25) is 4.40 Å². The lowest BCUT2D eigenvalue weighted by Gasteiger charge is -1.95. The van der Waals surface area contributed by atoms with Crippen LogP contribution in [0, 0.1) is 0 Å². The zero-order valence-corrected chi connectivity index (χ0v) is 6.57. The number of nitrogens with two attached hydrogens (primary N) is 2. The highest BCUT2D eigenvalue weighted by molar-refractivity contribution is 5.48. The number of anilines is 1. The van der Waals surface area contributed by atoms with Crippen molar-refractivity contribution in [2.24, 2.45) is 5.73 Å². The normalized spacial score (nSPS) is 10.8. The summed E-state index contributed by atoms with van der Waals surface area (Å²) in [4.78, 5) is 4.25. The monoisotopic (exact) mass is 162 g/mol. The molecule has 4 N–H and O–H groups in total. The van der Waals surface area contributed by atoms with Crippen LogP contribution in [0.15, 0.2) is 24.4 Å². The molecule has 12 heavy (non-hydrogen) atoms. The average molecular weight is 162 g/mol. The van der Waals surface area contributed by atoms with E-state index < -0.39 is 0 Å². The molecule has 0 aromatic carbocycles. The van der Waals surface area contributed by atoms with Gasteiger partial charge in [0, 0.05) is 12.7 Å². The second kappa shape index (κ2) is 2.49. The number of rotatable bonds is 1. The number of pyridine rings is 1. The molecule has 0 fully saturated rings.